The Morgan fingerprint density at radius 2 is 1.76 bits per heavy atom. The molecule has 1 aliphatic heterocycles. The predicted molar refractivity (Wildman–Crippen MR) is 131 cm³/mol. The maximum absolute atomic E-state index is 12.9. The lowest BCUT2D eigenvalue weighted by atomic mass is 10.2. The van der Waals surface area contributed by atoms with E-state index in [9.17, 15) is 4.79 Å². The lowest BCUT2D eigenvalue weighted by Crippen LogP contribution is -2.49. The molecule has 0 spiro atoms. The predicted octanol–water partition coefficient (Wildman–Crippen LogP) is 3.30. The number of nitrogens with zero attached hydrogens (tertiary/aromatic N) is 7. The molecule has 174 valence electrons. The van der Waals surface area contributed by atoms with Crippen LogP contribution < -0.4 is 4.90 Å². The highest BCUT2D eigenvalue weighted by Gasteiger charge is 2.23. The second-order valence-electron chi connectivity index (χ2n) is 8.64. The zero-order chi connectivity index (χ0) is 23.4. The Morgan fingerprint density at radius 1 is 1.03 bits per heavy atom. The number of aryl methyl sites for hydroxylation is 2. The summed E-state index contributed by atoms with van der Waals surface area (Å²) in [6.45, 7) is 11.8. The van der Waals surface area contributed by atoms with Gasteiger partial charge in [0.1, 0.15) is 17.5 Å². The second-order valence-corrected chi connectivity index (χ2v) is 9.58. The number of anilines is 1. The molecular formula is C24H31N7OS. The maximum Gasteiger partial charge on any atom is 0.233 e. The molecule has 1 saturated heterocycles. The van der Waals surface area contributed by atoms with Crippen LogP contribution in [0.15, 0.2) is 41.6 Å². The smallest absolute Gasteiger partial charge is 0.233 e. The fourth-order valence-electron chi connectivity index (χ4n) is 3.81. The van der Waals surface area contributed by atoms with Gasteiger partial charge < -0.3 is 14.4 Å². The zero-order valence-electron chi connectivity index (χ0n) is 19.7. The van der Waals surface area contributed by atoms with Gasteiger partial charge in [0.05, 0.1) is 12.3 Å². The molecule has 0 atom stereocenters. The van der Waals surface area contributed by atoms with Gasteiger partial charge in [-0.1, -0.05) is 55.9 Å². The topological polar surface area (TPSA) is 80.0 Å². The maximum atomic E-state index is 12.9. The molecule has 33 heavy (non-hydrogen) atoms. The van der Waals surface area contributed by atoms with Gasteiger partial charge in [-0.3, -0.25) is 4.79 Å². The van der Waals surface area contributed by atoms with Crippen molar-refractivity contribution in [1.82, 2.24) is 29.6 Å². The van der Waals surface area contributed by atoms with Gasteiger partial charge in [-0.05, 0) is 19.4 Å². The zero-order valence-corrected chi connectivity index (χ0v) is 20.5. The standard InChI is InChI=1S/C24H31N7OS/c1-17(2)23-25-18(3)14-21(26-23)29-10-12-30(13-11-29)22(32)16-33-24-28-27-19(4)31(24)15-20-8-6-5-7-9-20/h5-9,14,17H,10-13,15-16H2,1-4H3. The van der Waals surface area contributed by atoms with E-state index in [-0.39, 0.29) is 11.8 Å². The first kappa shape index (κ1) is 23.2. The summed E-state index contributed by atoms with van der Waals surface area (Å²) in [4.78, 5) is 26.4. The highest BCUT2D eigenvalue weighted by Crippen LogP contribution is 2.21. The van der Waals surface area contributed by atoms with Crippen LogP contribution in [0.1, 0.15) is 42.7 Å². The number of rotatable bonds is 7. The molecule has 1 aliphatic rings. The van der Waals surface area contributed by atoms with E-state index in [1.807, 2.05) is 43.0 Å². The number of amides is 1. The van der Waals surface area contributed by atoms with Gasteiger partial charge in [-0.25, -0.2) is 9.97 Å². The number of piperazine rings is 1. The third kappa shape index (κ3) is 5.71. The van der Waals surface area contributed by atoms with E-state index in [4.69, 9.17) is 4.98 Å². The van der Waals surface area contributed by atoms with Crippen LogP contribution in [0.3, 0.4) is 0 Å². The molecule has 1 fully saturated rings. The van der Waals surface area contributed by atoms with E-state index in [2.05, 4.69) is 50.6 Å². The largest absolute Gasteiger partial charge is 0.353 e. The third-order valence-electron chi connectivity index (χ3n) is 5.74. The van der Waals surface area contributed by atoms with Gasteiger partial charge in [-0.15, -0.1) is 10.2 Å². The highest BCUT2D eigenvalue weighted by molar-refractivity contribution is 7.99. The van der Waals surface area contributed by atoms with Crippen molar-refractivity contribution in [2.75, 3.05) is 36.8 Å². The van der Waals surface area contributed by atoms with Gasteiger partial charge in [-0.2, -0.15) is 0 Å². The molecule has 3 heterocycles. The Morgan fingerprint density at radius 3 is 2.45 bits per heavy atom. The van der Waals surface area contributed by atoms with E-state index in [1.165, 1.54) is 17.3 Å². The number of benzene rings is 1. The number of aromatic nitrogens is 5. The summed E-state index contributed by atoms with van der Waals surface area (Å²) in [7, 11) is 0. The Balaban J connectivity index is 1.33. The van der Waals surface area contributed by atoms with Gasteiger partial charge in [0, 0.05) is 43.9 Å². The summed E-state index contributed by atoms with van der Waals surface area (Å²) in [6, 6.07) is 12.3. The first-order valence-electron chi connectivity index (χ1n) is 11.4. The van der Waals surface area contributed by atoms with Gasteiger partial charge in [0.25, 0.3) is 0 Å². The minimum Gasteiger partial charge on any atom is -0.353 e. The fourth-order valence-corrected chi connectivity index (χ4v) is 4.70. The molecule has 4 rings (SSSR count). The van der Waals surface area contributed by atoms with E-state index in [0.717, 1.165) is 41.4 Å². The molecule has 2 aromatic heterocycles. The lowest BCUT2D eigenvalue weighted by molar-refractivity contribution is -0.128. The average Bonchev–Trinajstić information content (AvgIpc) is 3.17. The summed E-state index contributed by atoms with van der Waals surface area (Å²) in [5, 5.41) is 9.29. The average molecular weight is 466 g/mol. The van der Waals surface area contributed by atoms with Crippen LogP contribution in [-0.2, 0) is 11.3 Å². The third-order valence-corrected chi connectivity index (χ3v) is 6.69. The van der Waals surface area contributed by atoms with Crippen LogP contribution in [-0.4, -0.2) is 67.5 Å². The number of hydrogen-bond donors (Lipinski definition) is 0. The minimum absolute atomic E-state index is 0.133. The lowest BCUT2D eigenvalue weighted by Gasteiger charge is -2.35. The molecule has 8 nitrogen and oxygen atoms in total. The van der Waals surface area contributed by atoms with Crippen molar-refractivity contribution < 1.29 is 4.79 Å². The van der Waals surface area contributed by atoms with Crippen molar-refractivity contribution in [2.45, 2.75) is 45.3 Å². The molecule has 0 unspecified atom stereocenters. The second kappa shape index (κ2) is 10.3. The van der Waals surface area contributed by atoms with Crippen LogP contribution in [0.25, 0.3) is 0 Å². The monoisotopic (exact) mass is 465 g/mol. The molecule has 1 amide bonds. The van der Waals surface area contributed by atoms with Crippen LogP contribution in [0.5, 0.6) is 0 Å². The summed E-state index contributed by atoms with van der Waals surface area (Å²) < 4.78 is 2.06. The number of carbonyl (C=O) groups is 1. The van der Waals surface area contributed by atoms with Crippen LogP contribution in [0.2, 0.25) is 0 Å². The number of carbonyl (C=O) groups excluding carboxylic acids is 1. The molecule has 0 radical (unpaired) electrons. The van der Waals surface area contributed by atoms with Gasteiger partial charge >= 0.3 is 0 Å². The molecular weight excluding hydrogens is 434 g/mol. The summed E-state index contributed by atoms with van der Waals surface area (Å²) in [5.41, 5.74) is 2.17. The fraction of sp³-hybridized carbons (Fsp3) is 0.458. The molecule has 9 heteroatoms. The van der Waals surface area contributed by atoms with Crippen LogP contribution in [0, 0.1) is 13.8 Å². The van der Waals surface area contributed by atoms with Crippen molar-refractivity contribution in [2.24, 2.45) is 0 Å². The summed E-state index contributed by atoms with van der Waals surface area (Å²) >= 11 is 1.46. The molecule has 0 N–H and O–H groups in total. The number of thioether (sulfide) groups is 1. The Hall–Kier alpha value is -2.94. The molecule has 0 bridgehead atoms. The van der Waals surface area contributed by atoms with E-state index >= 15 is 0 Å². The van der Waals surface area contributed by atoms with Gasteiger partial charge in [0.15, 0.2) is 5.16 Å². The summed E-state index contributed by atoms with van der Waals surface area (Å²) in [6.07, 6.45) is 0. The van der Waals surface area contributed by atoms with E-state index in [1.54, 1.807) is 0 Å². The van der Waals surface area contributed by atoms with E-state index in [0.29, 0.717) is 25.4 Å². The molecule has 3 aromatic rings. The normalized spacial score (nSPS) is 14.2. The Labute approximate surface area is 199 Å². The first-order valence-corrected chi connectivity index (χ1v) is 12.3. The SMILES string of the molecule is Cc1cc(N2CCN(C(=O)CSc3nnc(C)n3Cc3ccccc3)CC2)nc(C(C)C)n1. The van der Waals surface area contributed by atoms with Crippen molar-refractivity contribution in [3.8, 4) is 0 Å². The van der Waals surface area contributed by atoms with E-state index < -0.39 is 0 Å². The minimum atomic E-state index is 0.133. The van der Waals surface area contributed by atoms with Crippen LogP contribution in [0.4, 0.5) is 5.82 Å². The molecule has 0 saturated carbocycles. The molecule has 0 aliphatic carbocycles. The highest BCUT2D eigenvalue weighted by atomic mass is 32.2. The Bertz CT molecular complexity index is 1090. The van der Waals surface area contributed by atoms with Gasteiger partial charge in [0.2, 0.25) is 5.91 Å². The first-order chi connectivity index (χ1) is 15.9. The van der Waals surface area contributed by atoms with Crippen LogP contribution >= 0.6 is 11.8 Å². The van der Waals surface area contributed by atoms with Crippen molar-refractivity contribution in [1.29, 1.82) is 0 Å². The summed E-state index contributed by atoms with van der Waals surface area (Å²) in [5.74, 6) is 3.46. The Kier molecular flexibility index (Phi) is 7.27. The van der Waals surface area contributed by atoms with Crippen molar-refractivity contribution >= 4 is 23.5 Å². The molecule has 1 aromatic carbocycles. The van der Waals surface area contributed by atoms with Crippen molar-refractivity contribution in [3.63, 3.8) is 0 Å². The number of hydrogen-bond acceptors (Lipinski definition) is 7. The van der Waals surface area contributed by atoms with Crippen molar-refractivity contribution in [3.05, 3.63) is 59.3 Å². The quantitative estimate of drug-likeness (QED) is 0.495.